The van der Waals surface area contributed by atoms with Gasteiger partial charge in [-0.2, -0.15) is 5.26 Å². The molecule has 0 N–H and O–H groups in total. The van der Waals surface area contributed by atoms with Gasteiger partial charge in [-0.1, -0.05) is 11.3 Å². The lowest BCUT2D eigenvalue weighted by molar-refractivity contribution is 0.237. The molecule has 0 aliphatic carbocycles. The quantitative estimate of drug-likeness (QED) is 0.851. The second-order valence-corrected chi connectivity index (χ2v) is 6.10. The van der Waals surface area contributed by atoms with E-state index < -0.39 is 5.82 Å². The van der Waals surface area contributed by atoms with Crippen molar-refractivity contribution in [3.8, 4) is 6.07 Å². The maximum absolute atomic E-state index is 13.4. The number of nitrogens with zero attached hydrogens (tertiary/aromatic N) is 6. The third kappa shape index (κ3) is 3.23. The minimum absolute atomic E-state index is 0.0960. The highest BCUT2D eigenvalue weighted by molar-refractivity contribution is 5.34. The molecule has 0 radical (unpaired) electrons. The monoisotopic (exact) mass is 314 g/mol. The molecule has 2 atom stereocenters. The fraction of sp³-hybridized carbons (Fsp3) is 0.438. The zero-order valence-electron chi connectivity index (χ0n) is 13.2. The van der Waals surface area contributed by atoms with Gasteiger partial charge in [0, 0.05) is 31.9 Å². The number of likely N-dealkylation sites (N-methyl/N-ethyl adjacent to an activating group) is 1. The van der Waals surface area contributed by atoms with Gasteiger partial charge in [0.25, 0.3) is 0 Å². The van der Waals surface area contributed by atoms with Crippen molar-refractivity contribution >= 4 is 0 Å². The largest absolute Gasteiger partial charge is 0.303 e. The molecule has 6 nitrogen and oxygen atoms in total. The minimum atomic E-state index is -0.468. The lowest BCUT2D eigenvalue weighted by atomic mass is 10.1. The normalized spacial score (nSPS) is 21.7. The number of rotatable bonds is 4. The van der Waals surface area contributed by atoms with Crippen molar-refractivity contribution < 1.29 is 4.39 Å². The molecule has 2 heterocycles. The van der Waals surface area contributed by atoms with Crippen LogP contribution in [0.15, 0.2) is 30.6 Å². The van der Waals surface area contributed by atoms with E-state index in [1.165, 1.54) is 6.07 Å². The van der Waals surface area contributed by atoms with Gasteiger partial charge in [0.05, 0.1) is 17.8 Å². The first-order valence-corrected chi connectivity index (χ1v) is 7.51. The number of nitriles is 1. The molecule has 7 heteroatoms. The Hall–Kier alpha value is -2.30. The predicted molar refractivity (Wildman–Crippen MR) is 82.9 cm³/mol. The number of likely N-dealkylation sites (tertiary alicyclic amines) is 1. The average Bonchev–Trinajstić information content (AvgIpc) is 3.18. The number of benzene rings is 1. The van der Waals surface area contributed by atoms with Crippen LogP contribution in [0.5, 0.6) is 0 Å². The smallest absolute Gasteiger partial charge is 0.140 e. The Balaban J connectivity index is 1.76. The highest BCUT2D eigenvalue weighted by atomic mass is 19.1. The van der Waals surface area contributed by atoms with Crippen LogP contribution in [0, 0.1) is 17.1 Å². The van der Waals surface area contributed by atoms with Gasteiger partial charge in [-0.3, -0.25) is 4.90 Å². The SMILES string of the molecule is CN(C)[C@@H]1CN(Cc2ccc(F)c(C#N)c2)C[C@@H]1n1ccnn1. The molecule has 1 aromatic carbocycles. The van der Waals surface area contributed by atoms with Crippen molar-refractivity contribution in [1.82, 2.24) is 24.8 Å². The molecule has 0 spiro atoms. The summed E-state index contributed by atoms with van der Waals surface area (Å²) in [5.74, 6) is -0.468. The van der Waals surface area contributed by atoms with E-state index in [1.54, 1.807) is 18.3 Å². The van der Waals surface area contributed by atoms with E-state index in [0.29, 0.717) is 12.6 Å². The van der Waals surface area contributed by atoms with Crippen molar-refractivity contribution in [3.05, 3.63) is 47.5 Å². The Morgan fingerprint density at radius 3 is 2.87 bits per heavy atom. The van der Waals surface area contributed by atoms with Gasteiger partial charge in [0.1, 0.15) is 11.9 Å². The summed E-state index contributed by atoms with van der Waals surface area (Å²) < 4.78 is 15.3. The lowest BCUT2D eigenvalue weighted by Gasteiger charge is -2.24. The van der Waals surface area contributed by atoms with Crippen LogP contribution >= 0.6 is 0 Å². The molecular formula is C16H19FN6. The molecule has 23 heavy (non-hydrogen) atoms. The summed E-state index contributed by atoms with van der Waals surface area (Å²) in [5, 5.41) is 17.0. The summed E-state index contributed by atoms with van der Waals surface area (Å²) in [4.78, 5) is 4.49. The van der Waals surface area contributed by atoms with Crippen LogP contribution in [-0.2, 0) is 6.54 Å². The van der Waals surface area contributed by atoms with E-state index >= 15 is 0 Å². The van der Waals surface area contributed by atoms with Crippen LogP contribution in [0.2, 0.25) is 0 Å². The highest BCUT2D eigenvalue weighted by Crippen LogP contribution is 2.26. The third-order valence-corrected chi connectivity index (χ3v) is 4.34. The van der Waals surface area contributed by atoms with Crippen molar-refractivity contribution in [1.29, 1.82) is 5.26 Å². The Morgan fingerprint density at radius 1 is 1.39 bits per heavy atom. The van der Waals surface area contributed by atoms with E-state index in [4.69, 9.17) is 5.26 Å². The summed E-state index contributed by atoms with van der Waals surface area (Å²) in [7, 11) is 4.12. The van der Waals surface area contributed by atoms with Gasteiger partial charge in [-0.15, -0.1) is 5.10 Å². The number of halogens is 1. The molecule has 1 fully saturated rings. The van der Waals surface area contributed by atoms with Gasteiger partial charge >= 0.3 is 0 Å². The number of aromatic nitrogens is 3. The highest BCUT2D eigenvalue weighted by Gasteiger charge is 2.35. The summed E-state index contributed by atoms with van der Waals surface area (Å²) in [6.07, 6.45) is 3.57. The first kappa shape index (κ1) is 15.6. The van der Waals surface area contributed by atoms with Crippen molar-refractivity contribution in [2.75, 3.05) is 27.2 Å². The molecule has 0 bridgehead atoms. The zero-order chi connectivity index (χ0) is 16.4. The molecule has 0 amide bonds. The topological polar surface area (TPSA) is 61.0 Å². The molecule has 1 aliphatic rings. The van der Waals surface area contributed by atoms with Crippen LogP contribution in [0.1, 0.15) is 17.2 Å². The predicted octanol–water partition coefficient (Wildman–Crippen LogP) is 1.28. The standard InChI is InChI=1S/C16H19FN6/c1-21(2)15-10-22(11-16(15)23-6-5-19-20-23)9-12-3-4-14(17)13(7-12)8-18/h3-7,15-16H,9-11H2,1-2H3/t15-,16+/m1/s1. The number of hydrogen-bond donors (Lipinski definition) is 0. The van der Waals surface area contributed by atoms with Gasteiger partial charge in [-0.05, 0) is 31.8 Å². The zero-order valence-corrected chi connectivity index (χ0v) is 13.2. The van der Waals surface area contributed by atoms with Gasteiger partial charge in [0.15, 0.2) is 0 Å². The minimum Gasteiger partial charge on any atom is -0.303 e. The van der Waals surface area contributed by atoms with E-state index in [-0.39, 0.29) is 11.6 Å². The first-order chi connectivity index (χ1) is 11.1. The molecule has 1 aliphatic heterocycles. The molecule has 0 unspecified atom stereocenters. The van der Waals surface area contributed by atoms with Crippen LogP contribution in [0.4, 0.5) is 4.39 Å². The average molecular weight is 314 g/mol. The lowest BCUT2D eigenvalue weighted by Crippen LogP contribution is -2.36. The summed E-state index contributed by atoms with van der Waals surface area (Å²) in [6, 6.07) is 7.18. The summed E-state index contributed by atoms with van der Waals surface area (Å²) in [6.45, 7) is 2.41. The molecule has 0 saturated carbocycles. The van der Waals surface area contributed by atoms with Crippen LogP contribution < -0.4 is 0 Å². The van der Waals surface area contributed by atoms with Crippen LogP contribution in [-0.4, -0.2) is 58.0 Å². The molecule has 1 aromatic heterocycles. The van der Waals surface area contributed by atoms with Gasteiger partial charge in [0.2, 0.25) is 0 Å². The summed E-state index contributed by atoms with van der Waals surface area (Å²) in [5.41, 5.74) is 1.04. The maximum atomic E-state index is 13.4. The Bertz CT molecular complexity index is 706. The third-order valence-electron chi connectivity index (χ3n) is 4.34. The van der Waals surface area contributed by atoms with Crippen molar-refractivity contribution in [2.45, 2.75) is 18.6 Å². The second-order valence-electron chi connectivity index (χ2n) is 6.10. The molecule has 1 saturated heterocycles. The van der Waals surface area contributed by atoms with E-state index in [2.05, 4.69) is 34.2 Å². The van der Waals surface area contributed by atoms with Crippen LogP contribution in [0.25, 0.3) is 0 Å². The van der Waals surface area contributed by atoms with Crippen LogP contribution in [0.3, 0.4) is 0 Å². The van der Waals surface area contributed by atoms with Gasteiger partial charge in [-0.25, -0.2) is 9.07 Å². The fourth-order valence-electron chi connectivity index (χ4n) is 3.15. The van der Waals surface area contributed by atoms with E-state index in [0.717, 1.165) is 18.7 Å². The van der Waals surface area contributed by atoms with Gasteiger partial charge < -0.3 is 4.90 Å². The molecular weight excluding hydrogens is 295 g/mol. The van der Waals surface area contributed by atoms with Crippen molar-refractivity contribution in [3.63, 3.8) is 0 Å². The Labute approximate surface area is 134 Å². The Kier molecular flexibility index (Phi) is 4.37. The Morgan fingerprint density at radius 2 is 2.22 bits per heavy atom. The summed E-state index contributed by atoms with van der Waals surface area (Å²) >= 11 is 0. The van der Waals surface area contributed by atoms with E-state index in [1.807, 2.05) is 16.9 Å². The fourth-order valence-corrected chi connectivity index (χ4v) is 3.15. The molecule has 3 rings (SSSR count). The second kappa shape index (κ2) is 6.44. The number of hydrogen-bond acceptors (Lipinski definition) is 5. The van der Waals surface area contributed by atoms with E-state index in [9.17, 15) is 4.39 Å². The first-order valence-electron chi connectivity index (χ1n) is 7.51. The van der Waals surface area contributed by atoms with Crippen molar-refractivity contribution in [2.24, 2.45) is 0 Å². The maximum Gasteiger partial charge on any atom is 0.140 e. The molecule has 2 aromatic rings. The molecule has 120 valence electrons.